The standard InChI is InChI=1S/C19H18F3N3O2/c1-18(22)10-27-17(23)25-19(18,2)13-7-11(3-5-14(13)21)8-16(26)15-6-4-12(20)9-24-15/h3-7,9H,8,10H2,1-2H3,(H2,23,25)/t18-,19+/m0/s1. The fourth-order valence-corrected chi connectivity index (χ4v) is 2.93. The van der Waals surface area contributed by atoms with E-state index in [-0.39, 0.29) is 36.1 Å². The Morgan fingerprint density at radius 1 is 1.26 bits per heavy atom. The van der Waals surface area contributed by atoms with Gasteiger partial charge in [-0.05, 0) is 43.7 Å². The van der Waals surface area contributed by atoms with Gasteiger partial charge < -0.3 is 10.5 Å². The summed E-state index contributed by atoms with van der Waals surface area (Å²) in [7, 11) is 0. The van der Waals surface area contributed by atoms with Crippen LogP contribution in [0.5, 0.6) is 0 Å². The third-order valence-corrected chi connectivity index (χ3v) is 4.77. The normalized spacial score (nSPS) is 24.9. The second-order valence-electron chi connectivity index (χ2n) is 6.78. The summed E-state index contributed by atoms with van der Waals surface area (Å²) in [5.41, 5.74) is 2.43. The third kappa shape index (κ3) is 3.51. The number of alkyl halides is 1. The molecule has 0 saturated heterocycles. The van der Waals surface area contributed by atoms with E-state index in [1.807, 2.05) is 0 Å². The zero-order valence-electron chi connectivity index (χ0n) is 14.8. The number of benzene rings is 1. The van der Waals surface area contributed by atoms with Crippen molar-refractivity contribution in [2.75, 3.05) is 6.61 Å². The Labute approximate surface area is 154 Å². The van der Waals surface area contributed by atoms with E-state index in [0.717, 1.165) is 18.3 Å². The lowest BCUT2D eigenvalue weighted by Crippen LogP contribution is -2.52. The van der Waals surface area contributed by atoms with Gasteiger partial charge in [0, 0.05) is 12.0 Å². The van der Waals surface area contributed by atoms with Crippen LogP contribution < -0.4 is 5.73 Å². The number of carbonyl (C=O) groups excluding carboxylic acids is 1. The van der Waals surface area contributed by atoms with Gasteiger partial charge in [0.25, 0.3) is 6.02 Å². The molecule has 142 valence electrons. The summed E-state index contributed by atoms with van der Waals surface area (Å²) >= 11 is 0. The number of ketones is 1. The lowest BCUT2D eigenvalue weighted by molar-refractivity contribution is 0.00398. The number of carbonyl (C=O) groups is 1. The molecule has 2 N–H and O–H groups in total. The maximum atomic E-state index is 15.1. The van der Waals surface area contributed by atoms with Gasteiger partial charge in [-0.1, -0.05) is 6.07 Å². The first-order chi connectivity index (χ1) is 12.6. The van der Waals surface area contributed by atoms with Gasteiger partial charge in [-0.15, -0.1) is 0 Å². The zero-order valence-corrected chi connectivity index (χ0v) is 14.8. The molecule has 0 spiro atoms. The maximum absolute atomic E-state index is 15.1. The Morgan fingerprint density at radius 3 is 2.67 bits per heavy atom. The molecule has 1 aromatic heterocycles. The lowest BCUT2D eigenvalue weighted by atomic mass is 9.77. The molecule has 2 heterocycles. The molecule has 1 aromatic carbocycles. The van der Waals surface area contributed by atoms with Crippen molar-refractivity contribution < 1.29 is 22.7 Å². The quantitative estimate of drug-likeness (QED) is 0.831. The van der Waals surface area contributed by atoms with Crippen LogP contribution in [0.2, 0.25) is 0 Å². The lowest BCUT2D eigenvalue weighted by Gasteiger charge is -2.40. The van der Waals surface area contributed by atoms with Crippen LogP contribution in [0.4, 0.5) is 13.2 Å². The van der Waals surface area contributed by atoms with E-state index in [1.54, 1.807) is 0 Å². The molecule has 0 unspecified atom stereocenters. The number of rotatable bonds is 4. The van der Waals surface area contributed by atoms with Crippen LogP contribution >= 0.6 is 0 Å². The Bertz CT molecular complexity index is 913. The van der Waals surface area contributed by atoms with Crippen molar-refractivity contribution in [2.45, 2.75) is 31.5 Å². The van der Waals surface area contributed by atoms with Crippen molar-refractivity contribution in [3.8, 4) is 0 Å². The van der Waals surface area contributed by atoms with E-state index >= 15 is 4.39 Å². The minimum Gasteiger partial charge on any atom is -0.462 e. The van der Waals surface area contributed by atoms with Gasteiger partial charge in [0.15, 0.2) is 11.5 Å². The smallest absolute Gasteiger partial charge is 0.283 e. The average Bonchev–Trinajstić information content (AvgIpc) is 2.61. The topological polar surface area (TPSA) is 77.6 Å². The van der Waals surface area contributed by atoms with E-state index in [1.165, 1.54) is 32.0 Å². The molecular formula is C19H18F3N3O2. The minimum absolute atomic E-state index is 0.0314. The molecule has 1 aliphatic heterocycles. The molecule has 2 aromatic rings. The average molecular weight is 377 g/mol. The van der Waals surface area contributed by atoms with Crippen molar-refractivity contribution in [1.29, 1.82) is 0 Å². The molecule has 0 bridgehead atoms. The van der Waals surface area contributed by atoms with Crippen LogP contribution in [0.15, 0.2) is 41.5 Å². The van der Waals surface area contributed by atoms with E-state index < -0.39 is 22.8 Å². The van der Waals surface area contributed by atoms with Crippen LogP contribution in [0.1, 0.15) is 35.5 Å². The molecule has 2 atom stereocenters. The van der Waals surface area contributed by atoms with Gasteiger partial charge in [-0.2, -0.15) is 0 Å². The van der Waals surface area contributed by atoms with Crippen LogP contribution in [0.3, 0.4) is 0 Å². The largest absolute Gasteiger partial charge is 0.462 e. The van der Waals surface area contributed by atoms with E-state index in [0.29, 0.717) is 5.56 Å². The van der Waals surface area contributed by atoms with Crippen molar-refractivity contribution in [2.24, 2.45) is 10.7 Å². The van der Waals surface area contributed by atoms with Gasteiger partial charge in [-0.25, -0.2) is 18.2 Å². The number of aliphatic imine (C=N–C) groups is 1. The molecule has 0 fully saturated rings. The number of nitrogens with zero attached hydrogens (tertiary/aromatic N) is 2. The highest BCUT2D eigenvalue weighted by Crippen LogP contribution is 2.43. The minimum atomic E-state index is -2.02. The number of pyridine rings is 1. The second kappa shape index (κ2) is 6.68. The SMILES string of the molecule is C[C@]1(F)COC(N)=N[C@]1(C)c1cc(CC(=O)c2ccc(F)cn2)ccc1F. The van der Waals surface area contributed by atoms with Gasteiger partial charge in [0.1, 0.15) is 29.5 Å². The number of hydrogen-bond acceptors (Lipinski definition) is 5. The highest BCUT2D eigenvalue weighted by molar-refractivity contribution is 5.95. The molecule has 5 nitrogen and oxygen atoms in total. The summed E-state index contributed by atoms with van der Waals surface area (Å²) < 4.78 is 47.5. The fraction of sp³-hybridized carbons (Fsp3) is 0.316. The molecule has 8 heteroatoms. The molecule has 0 radical (unpaired) electrons. The maximum Gasteiger partial charge on any atom is 0.283 e. The van der Waals surface area contributed by atoms with Crippen molar-refractivity contribution in [1.82, 2.24) is 4.98 Å². The third-order valence-electron chi connectivity index (χ3n) is 4.77. The number of nitrogens with two attached hydrogens (primary N) is 1. The van der Waals surface area contributed by atoms with Crippen molar-refractivity contribution >= 4 is 11.8 Å². The van der Waals surface area contributed by atoms with Crippen molar-refractivity contribution in [3.63, 3.8) is 0 Å². The first-order valence-electron chi connectivity index (χ1n) is 8.23. The first-order valence-corrected chi connectivity index (χ1v) is 8.23. The number of Topliss-reactive ketones (excluding diaryl/α,β-unsaturated/α-hetero) is 1. The fourth-order valence-electron chi connectivity index (χ4n) is 2.93. The Balaban J connectivity index is 1.96. The summed E-state index contributed by atoms with van der Waals surface area (Å²) in [6.07, 6.45) is 0.832. The summed E-state index contributed by atoms with van der Waals surface area (Å²) in [5, 5.41) is 0. The number of ether oxygens (including phenoxy) is 1. The molecule has 3 rings (SSSR count). The Hall–Kier alpha value is -2.90. The Kier molecular flexibility index (Phi) is 4.67. The van der Waals surface area contributed by atoms with Crippen LogP contribution in [-0.2, 0) is 16.7 Å². The predicted octanol–water partition coefficient (Wildman–Crippen LogP) is 3.07. The molecule has 0 saturated carbocycles. The summed E-state index contributed by atoms with van der Waals surface area (Å²) in [4.78, 5) is 20.1. The summed E-state index contributed by atoms with van der Waals surface area (Å²) in [6.45, 7) is 2.30. The number of aromatic nitrogens is 1. The van der Waals surface area contributed by atoms with Crippen LogP contribution in [0, 0.1) is 11.6 Å². The summed E-state index contributed by atoms with van der Waals surface area (Å²) in [6, 6.07) is 6.13. The van der Waals surface area contributed by atoms with Crippen LogP contribution in [-0.4, -0.2) is 29.1 Å². The van der Waals surface area contributed by atoms with Gasteiger partial charge in [0.2, 0.25) is 0 Å². The number of hydrogen-bond donors (Lipinski definition) is 1. The molecule has 27 heavy (non-hydrogen) atoms. The summed E-state index contributed by atoms with van der Waals surface area (Å²) in [5.74, 6) is -1.60. The second-order valence-corrected chi connectivity index (χ2v) is 6.78. The molecule has 0 amide bonds. The van der Waals surface area contributed by atoms with Gasteiger partial charge in [0.05, 0.1) is 6.20 Å². The van der Waals surface area contributed by atoms with Gasteiger partial charge in [-0.3, -0.25) is 9.78 Å². The highest BCUT2D eigenvalue weighted by atomic mass is 19.1. The highest BCUT2D eigenvalue weighted by Gasteiger charge is 2.51. The molecule has 1 aliphatic rings. The predicted molar refractivity (Wildman–Crippen MR) is 93.1 cm³/mol. The Morgan fingerprint density at radius 2 is 2.00 bits per heavy atom. The molecular weight excluding hydrogens is 359 g/mol. The first kappa shape index (κ1) is 18.9. The monoisotopic (exact) mass is 377 g/mol. The van der Waals surface area contributed by atoms with Crippen molar-refractivity contribution in [3.05, 3.63) is 65.0 Å². The zero-order chi connectivity index (χ0) is 19.8. The molecule has 0 aliphatic carbocycles. The van der Waals surface area contributed by atoms with Crippen LogP contribution in [0.25, 0.3) is 0 Å². The van der Waals surface area contributed by atoms with Gasteiger partial charge >= 0.3 is 0 Å². The number of halogens is 3. The van der Waals surface area contributed by atoms with E-state index in [2.05, 4.69) is 9.98 Å². The van der Waals surface area contributed by atoms with E-state index in [9.17, 15) is 13.6 Å². The van der Waals surface area contributed by atoms with E-state index in [4.69, 9.17) is 10.5 Å². The number of amidine groups is 1.